The Morgan fingerprint density at radius 1 is 1.59 bits per heavy atom. The highest BCUT2D eigenvalue weighted by Gasteiger charge is 2.49. The number of hydrogen-bond acceptors (Lipinski definition) is 2. The van der Waals surface area contributed by atoms with Crippen LogP contribution in [0.3, 0.4) is 0 Å². The number of nitrogens with two attached hydrogens (primary N) is 1. The van der Waals surface area contributed by atoms with E-state index in [2.05, 4.69) is 35.2 Å². The molecule has 1 aliphatic carbocycles. The first-order valence-corrected chi connectivity index (χ1v) is 6.63. The van der Waals surface area contributed by atoms with Crippen LogP contribution in [0, 0.1) is 17.2 Å². The lowest BCUT2D eigenvalue weighted by atomic mass is 9.97. The Bertz CT molecular complexity index is 420. The monoisotopic (exact) mass is 300 g/mol. The number of hydrogen-bond donors (Lipinski definition) is 2. The summed E-state index contributed by atoms with van der Waals surface area (Å²) in [4.78, 5) is 0. The Morgan fingerprint density at radius 3 is 2.71 bits per heavy atom. The van der Waals surface area contributed by atoms with E-state index in [1.807, 2.05) is 12.1 Å². The zero-order valence-corrected chi connectivity index (χ0v) is 11.7. The van der Waals surface area contributed by atoms with Crippen LogP contribution in [0.5, 0.6) is 0 Å². The minimum atomic E-state index is -0.168. The van der Waals surface area contributed by atoms with Crippen LogP contribution in [0.1, 0.15) is 25.8 Å². The molecule has 4 heteroatoms. The molecule has 2 nitrogen and oxygen atoms in total. The van der Waals surface area contributed by atoms with E-state index in [0.717, 1.165) is 16.5 Å². The van der Waals surface area contributed by atoms with Gasteiger partial charge in [-0.2, -0.15) is 0 Å². The second-order valence-electron chi connectivity index (χ2n) is 5.51. The van der Waals surface area contributed by atoms with Gasteiger partial charge in [-0.3, -0.25) is 11.3 Å². The zero-order chi connectivity index (χ0) is 12.6. The number of rotatable bonds is 4. The van der Waals surface area contributed by atoms with Crippen LogP contribution in [-0.2, 0) is 6.42 Å². The standard InChI is InChI=1S/C13H18BrFN2/c1-13(2)7-10(13)12(17-16)5-8-3-4-9(14)6-11(8)15/h3-4,6,10,12,17H,5,7,16H2,1-2H3. The molecule has 0 amide bonds. The summed E-state index contributed by atoms with van der Waals surface area (Å²) in [6.07, 6.45) is 1.80. The van der Waals surface area contributed by atoms with Gasteiger partial charge < -0.3 is 0 Å². The fourth-order valence-electron chi connectivity index (χ4n) is 2.44. The fourth-order valence-corrected chi connectivity index (χ4v) is 2.77. The molecule has 1 saturated carbocycles. The summed E-state index contributed by atoms with van der Waals surface area (Å²) >= 11 is 3.26. The molecular weight excluding hydrogens is 283 g/mol. The van der Waals surface area contributed by atoms with Crippen LogP contribution in [-0.4, -0.2) is 6.04 Å². The van der Waals surface area contributed by atoms with Crippen molar-refractivity contribution in [2.45, 2.75) is 32.7 Å². The van der Waals surface area contributed by atoms with Crippen molar-refractivity contribution in [1.29, 1.82) is 0 Å². The van der Waals surface area contributed by atoms with Crippen LogP contribution in [0.25, 0.3) is 0 Å². The van der Waals surface area contributed by atoms with E-state index in [-0.39, 0.29) is 11.9 Å². The molecule has 1 aliphatic rings. The number of benzene rings is 1. The van der Waals surface area contributed by atoms with E-state index in [1.54, 1.807) is 0 Å². The van der Waals surface area contributed by atoms with Crippen LogP contribution >= 0.6 is 15.9 Å². The largest absolute Gasteiger partial charge is 0.271 e. The quantitative estimate of drug-likeness (QED) is 0.663. The summed E-state index contributed by atoms with van der Waals surface area (Å²) < 4.78 is 14.5. The second-order valence-corrected chi connectivity index (χ2v) is 6.43. The Labute approximate surface area is 110 Å². The molecule has 0 spiro atoms. The van der Waals surface area contributed by atoms with Crippen molar-refractivity contribution in [3.05, 3.63) is 34.1 Å². The van der Waals surface area contributed by atoms with E-state index in [1.165, 1.54) is 6.07 Å². The fraction of sp³-hybridized carbons (Fsp3) is 0.538. The lowest BCUT2D eigenvalue weighted by Gasteiger charge is -2.18. The molecule has 2 unspecified atom stereocenters. The highest BCUT2D eigenvalue weighted by molar-refractivity contribution is 9.10. The second kappa shape index (κ2) is 4.67. The maximum absolute atomic E-state index is 13.7. The van der Waals surface area contributed by atoms with Gasteiger partial charge in [-0.25, -0.2) is 4.39 Å². The summed E-state index contributed by atoms with van der Waals surface area (Å²) in [7, 11) is 0. The molecule has 3 N–H and O–H groups in total. The molecule has 1 aromatic rings. The van der Waals surface area contributed by atoms with Crippen molar-refractivity contribution in [2.24, 2.45) is 17.2 Å². The van der Waals surface area contributed by atoms with Crippen LogP contribution in [0.15, 0.2) is 22.7 Å². The minimum Gasteiger partial charge on any atom is -0.271 e. The van der Waals surface area contributed by atoms with E-state index in [0.29, 0.717) is 17.8 Å². The third-order valence-corrected chi connectivity index (χ3v) is 4.24. The third kappa shape index (κ3) is 2.87. The molecule has 1 aromatic carbocycles. The predicted molar refractivity (Wildman–Crippen MR) is 70.8 cm³/mol. The van der Waals surface area contributed by atoms with Crippen LogP contribution in [0.2, 0.25) is 0 Å². The number of halogens is 2. The van der Waals surface area contributed by atoms with Crippen molar-refractivity contribution in [2.75, 3.05) is 0 Å². The van der Waals surface area contributed by atoms with Gasteiger partial charge in [0.25, 0.3) is 0 Å². The average Bonchev–Trinajstić information content (AvgIpc) is 2.86. The van der Waals surface area contributed by atoms with Crippen molar-refractivity contribution in [3.8, 4) is 0 Å². The van der Waals surface area contributed by atoms with Gasteiger partial charge in [0.1, 0.15) is 5.82 Å². The van der Waals surface area contributed by atoms with Gasteiger partial charge >= 0.3 is 0 Å². The van der Waals surface area contributed by atoms with Crippen molar-refractivity contribution in [3.63, 3.8) is 0 Å². The predicted octanol–water partition coefficient (Wildman–Crippen LogP) is 3.01. The van der Waals surface area contributed by atoms with Gasteiger partial charge in [0.15, 0.2) is 0 Å². The van der Waals surface area contributed by atoms with Crippen LogP contribution < -0.4 is 11.3 Å². The van der Waals surface area contributed by atoms with Crippen molar-refractivity contribution >= 4 is 15.9 Å². The van der Waals surface area contributed by atoms with Gasteiger partial charge in [0.05, 0.1) is 0 Å². The third-order valence-electron chi connectivity index (χ3n) is 3.74. The maximum Gasteiger partial charge on any atom is 0.127 e. The first kappa shape index (κ1) is 13.0. The molecular formula is C13H18BrFN2. The Hall–Kier alpha value is -0.450. The summed E-state index contributed by atoms with van der Waals surface area (Å²) in [6, 6.07) is 5.34. The molecule has 0 aliphatic heterocycles. The lowest BCUT2D eigenvalue weighted by molar-refractivity contribution is 0.404. The average molecular weight is 301 g/mol. The van der Waals surface area contributed by atoms with E-state index < -0.39 is 0 Å². The SMILES string of the molecule is CC1(C)CC1C(Cc1ccc(Br)cc1F)NN. The Balaban J connectivity index is 2.09. The molecule has 0 radical (unpaired) electrons. The summed E-state index contributed by atoms with van der Waals surface area (Å²) in [5.74, 6) is 5.95. The molecule has 2 atom stereocenters. The van der Waals surface area contributed by atoms with E-state index in [9.17, 15) is 4.39 Å². The Morgan fingerprint density at radius 2 is 2.24 bits per heavy atom. The molecule has 0 heterocycles. The van der Waals surface area contributed by atoms with Gasteiger partial charge in [0, 0.05) is 10.5 Å². The lowest BCUT2D eigenvalue weighted by Crippen LogP contribution is -2.39. The Kier molecular flexibility index (Phi) is 3.57. The first-order valence-electron chi connectivity index (χ1n) is 5.84. The molecule has 0 aromatic heterocycles. The molecule has 0 bridgehead atoms. The summed E-state index contributed by atoms with van der Waals surface area (Å²) in [6.45, 7) is 4.44. The number of nitrogens with one attached hydrogen (secondary N) is 1. The zero-order valence-electron chi connectivity index (χ0n) is 10.1. The minimum absolute atomic E-state index is 0.153. The molecule has 94 valence electrons. The highest BCUT2D eigenvalue weighted by Crippen LogP contribution is 2.53. The van der Waals surface area contributed by atoms with Gasteiger partial charge in [-0.1, -0.05) is 35.8 Å². The molecule has 1 fully saturated rings. The molecule has 0 saturated heterocycles. The van der Waals surface area contributed by atoms with Crippen molar-refractivity contribution < 1.29 is 4.39 Å². The van der Waals surface area contributed by atoms with Gasteiger partial charge in [-0.05, 0) is 41.9 Å². The highest BCUT2D eigenvalue weighted by atomic mass is 79.9. The van der Waals surface area contributed by atoms with E-state index >= 15 is 0 Å². The molecule has 2 rings (SSSR count). The first-order chi connectivity index (χ1) is 7.94. The van der Waals surface area contributed by atoms with Gasteiger partial charge in [0.2, 0.25) is 0 Å². The smallest absolute Gasteiger partial charge is 0.127 e. The number of hydrazine groups is 1. The van der Waals surface area contributed by atoms with Gasteiger partial charge in [-0.15, -0.1) is 0 Å². The van der Waals surface area contributed by atoms with E-state index in [4.69, 9.17) is 5.84 Å². The van der Waals surface area contributed by atoms with Crippen molar-refractivity contribution in [1.82, 2.24) is 5.43 Å². The molecule has 17 heavy (non-hydrogen) atoms. The normalized spacial score (nSPS) is 23.5. The summed E-state index contributed by atoms with van der Waals surface area (Å²) in [5.41, 5.74) is 3.89. The summed E-state index contributed by atoms with van der Waals surface area (Å²) in [5, 5.41) is 0. The van der Waals surface area contributed by atoms with Crippen LogP contribution in [0.4, 0.5) is 4.39 Å². The topological polar surface area (TPSA) is 38.0 Å². The maximum atomic E-state index is 13.7.